The number of piperidine rings is 1. The summed E-state index contributed by atoms with van der Waals surface area (Å²) in [5.41, 5.74) is 1.29. The Bertz CT molecular complexity index is 918. The molecule has 0 unspecified atom stereocenters. The minimum absolute atomic E-state index is 0.246. The first-order valence-corrected chi connectivity index (χ1v) is 10.4. The molecule has 3 aromatic rings. The summed E-state index contributed by atoms with van der Waals surface area (Å²) in [6, 6.07) is 10.4. The van der Waals surface area contributed by atoms with E-state index in [2.05, 4.69) is 31.9 Å². The van der Waals surface area contributed by atoms with Crippen molar-refractivity contribution in [2.75, 3.05) is 13.1 Å². The number of aryl methyl sites for hydroxylation is 1. The maximum Gasteiger partial charge on any atom is 0.222 e. The van der Waals surface area contributed by atoms with Gasteiger partial charge in [0, 0.05) is 44.9 Å². The topological polar surface area (TPSA) is 68.8 Å². The highest BCUT2D eigenvalue weighted by molar-refractivity contribution is 5.76. The van der Waals surface area contributed by atoms with Crippen LogP contribution in [0.1, 0.15) is 48.8 Å². The highest BCUT2D eigenvalue weighted by atomic mass is 16.2. The number of hydrogen-bond acceptors (Lipinski definition) is 4. The molecule has 1 fully saturated rings. The molecule has 4 rings (SSSR count). The fourth-order valence-corrected chi connectivity index (χ4v) is 4.07. The van der Waals surface area contributed by atoms with E-state index in [1.165, 1.54) is 5.56 Å². The number of benzene rings is 1. The third-order valence-corrected chi connectivity index (χ3v) is 5.72. The predicted molar refractivity (Wildman–Crippen MR) is 110 cm³/mol. The molecular weight excluding hydrogens is 364 g/mol. The number of likely N-dealkylation sites (tertiary alicyclic amines) is 1. The number of hydrogen-bond donors (Lipinski definition) is 0. The molecule has 0 aliphatic carbocycles. The highest BCUT2D eigenvalue weighted by Crippen LogP contribution is 2.26. The summed E-state index contributed by atoms with van der Waals surface area (Å²) in [6.07, 6.45) is 9.97. The molecule has 1 atom stereocenters. The summed E-state index contributed by atoms with van der Waals surface area (Å²) in [7, 11) is 2.02. The van der Waals surface area contributed by atoms with Gasteiger partial charge in [0.2, 0.25) is 5.91 Å². The molecule has 152 valence electrons. The maximum atomic E-state index is 12.7. The summed E-state index contributed by atoms with van der Waals surface area (Å²) in [5.74, 6) is 2.38. The first-order chi connectivity index (χ1) is 14.2. The summed E-state index contributed by atoms with van der Waals surface area (Å²) < 4.78 is 4.06. The zero-order valence-corrected chi connectivity index (χ0v) is 16.9. The fourth-order valence-electron chi connectivity index (χ4n) is 4.07. The Balaban J connectivity index is 1.33. The SMILES string of the molecule is Cn1c(Cn2ccnc2)nnc1[C@@H]1CCCN(C(=O)CCCc2ccccc2)C1. The van der Waals surface area contributed by atoms with Crippen molar-refractivity contribution in [1.29, 1.82) is 0 Å². The lowest BCUT2D eigenvalue weighted by atomic mass is 9.96. The standard InChI is InChI=1S/C22H28N6O/c1-26-20(16-27-14-12-23-17-27)24-25-22(26)19-10-6-13-28(15-19)21(29)11-5-9-18-7-3-2-4-8-18/h2-4,7-8,12,14,17,19H,5-6,9-11,13,15-16H2,1H3/t19-/m1/s1. The van der Waals surface area contributed by atoms with Crippen molar-refractivity contribution in [3.63, 3.8) is 0 Å². The van der Waals surface area contributed by atoms with Gasteiger partial charge >= 0.3 is 0 Å². The van der Waals surface area contributed by atoms with E-state index in [1.807, 2.05) is 40.9 Å². The molecule has 1 aromatic carbocycles. The molecule has 0 bridgehead atoms. The molecule has 2 aromatic heterocycles. The van der Waals surface area contributed by atoms with Crippen molar-refractivity contribution in [3.05, 3.63) is 66.3 Å². The summed E-state index contributed by atoms with van der Waals surface area (Å²) in [4.78, 5) is 18.8. The Hall–Kier alpha value is -2.96. The van der Waals surface area contributed by atoms with E-state index in [1.54, 1.807) is 12.5 Å². The Morgan fingerprint density at radius 3 is 2.86 bits per heavy atom. The molecule has 0 spiro atoms. The lowest BCUT2D eigenvalue weighted by molar-refractivity contribution is -0.132. The lowest BCUT2D eigenvalue weighted by Gasteiger charge is -2.32. The number of aromatic nitrogens is 5. The number of nitrogens with zero attached hydrogens (tertiary/aromatic N) is 6. The van der Waals surface area contributed by atoms with Crippen LogP contribution in [0.2, 0.25) is 0 Å². The van der Waals surface area contributed by atoms with E-state index >= 15 is 0 Å². The number of carbonyl (C=O) groups excluding carboxylic acids is 1. The largest absolute Gasteiger partial charge is 0.342 e. The van der Waals surface area contributed by atoms with Crippen LogP contribution in [0.15, 0.2) is 49.1 Å². The van der Waals surface area contributed by atoms with E-state index < -0.39 is 0 Å². The van der Waals surface area contributed by atoms with Crippen LogP contribution in [0.5, 0.6) is 0 Å². The fraction of sp³-hybridized carbons (Fsp3) is 0.455. The van der Waals surface area contributed by atoms with Gasteiger partial charge in [-0.25, -0.2) is 4.98 Å². The van der Waals surface area contributed by atoms with Crippen molar-refractivity contribution < 1.29 is 4.79 Å². The molecule has 0 N–H and O–H groups in total. The third-order valence-electron chi connectivity index (χ3n) is 5.72. The zero-order chi connectivity index (χ0) is 20.1. The molecule has 7 heteroatoms. The van der Waals surface area contributed by atoms with E-state index in [0.29, 0.717) is 13.0 Å². The minimum Gasteiger partial charge on any atom is -0.342 e. The van der Waals surface area contributed by atoms with Crippen molar-refractivity contribution in [2.45, 2.75) is 44.6 Å². The zero-order valence-electron chi connectivity index (χ0n) is 16.9. The van der Waals surface area contributed by atoms with Crippen molar-refractivity contribution in [3.8, 4) is 0 Å². The van der Waals surface area contributed by atoms with Crippen molar-refractivity contribution in [2.24, 2.45) is 7.05 Å². The van der Waals surface area contributed by atoms with Crippen LogP contribution >= 0.6 is 0 Å². The number of rotatable bonds is 7. The average molecular weight is 393 g/mol. The monoisotopic (exact) mass is 392 g/mol. The van der Waals surface area contributed by atoms with Gasteiger partial charge in [-0.05, 0) is 31.2 Å². The van der Waals surface area contributed by atoms with Gasteiger partial charge in [-0.15, -0.1) is 10.2 Å². The van der Waals surface area contributed by atoms with E-state index in [4.69, 9.17) is 0 Å². The number of carbonyl (C=O) groups is 1. The highest BCUT2D eigenvalue weighted by Gasteiger charge is 2.28. The molecule has 0 radical (unpaired) electrons. The van der Waals surface area contributed by atoms with Crippen LogP contribution in [0, 0.1) is 0 Å². The number of imidazole rings is 1. The molecule has 1 aliphatic heterocycles. The quantitative estimate of drug-likeness (QED) is 0.620. The van der Waals surface area contributed by atoms with E-state index in [-0.39, 0.29) is 11.8 Å². The lowest BCUT2D eigenvalue weighted by Crippen LogP contribution is -2.39. The molecule has 1 aliphatic rings. The Morgan fingerprint density at radius 1 is 1.21 bits per heavy atom. The van der Waals surface area contributed by atoms with Crippen molar-refractivity contribution >= 4 is 5.91 Å². The van der Waals surface area contributed by atoms with Crippen LogP contribution in [0.4, 0.5) is 0 Å². The first-order valence-electron chi connectivity index (χ1n) is 10.4. The van der Waals surface area contributed by atoms with E-state index in [9.17, 15) is 4.79 Å². The van der Waals surface area contributed by atoms with Gasteiger partial charge in [-0.2, -0.15) is 0 Å². The van der Waals surface area contributed by atoms with Gasteiger partial charge < -0.3 is 14.0 Å². The van der Waals surface area contributed by atoms with Crippen LogP contribution in [-0.2, 0) is 24.8 Å². The van der Waals surface area contributed by atoms with Crippen LogP contribution in [0.3, 0.4) is 0 Å². The normalized spacial score (nSPS) is 16.9. The van der Waals surface area contributed by atoms with Gasteiger partial charge in [0.05, 0.1) is 12.9 Å². The average Bonchev–Trinajstić information content (AvgIpc) is 3.39. The first kappa shape index (κ1) is 19.4. The van der Waals surface area contributed by atoms with Gasteiger partial charge in [0.15, 0.2) is 5.82 Å². The van der Waals surface area contributed by atoms with Gasteiger partial charge in [-0.3, -0.25) is 4.79 Å². The van der Waals surface area contributed by atoms with E-state index in [0.717, 1.165) is 50.4 Å². The predicted octanol–water partition coefficient (Wildman–Crippen LogP) is 2.79. The molecule has 0 saturated carbocycles. The third kappa shape index (κ3) is 4.72. The van der Waals surface area contributed by atoms with Gasteiger partial charge in [0.1, 0.15) is 5.82 Å². The second kappa shape index (κ2) is 9.03. The van der Waals surface area contributed by atoms with Gasteiger partial charge in [-0.1, -0.05) is 30.3 Å². The second-order valence-electron chi connectivity index (χ2n) is 7.79. The summed E-state index contributed by atoms with van der Waals surface area (Å²) in [5, 5.41) is 8.84. The molecule has 29 heavy (non-hydrogen) atoms. The van der Waals surface area contributed by atoms with Crippen LogP contribution in [-0.4, -0.2) is 48.2 Å². The van der Waals surface area contributed by atoms with Gasteiger partial charge in [0.25, 0.3) is 0 Å². The van der Waals surface area contributed by atoms with Crippen molar-refractivity contribution in [1.82, 2.24) is 29.2 Å². The Labute approximate surface area is 171 Å². The molecule has 3 heterocycles. The minimum atomic E-state index is 0.246. The van der Waals surface area contributed by atoms with Crippen LogP contribution in [0.25, 0.3) is 0 Å². The molecule has 1 amide bonds. The Morgan fingerprint density at radius 2 is 2.07 bits per heavy atom. The molecule has 1 saturated heterocycles. The molecular formula is C22H28N6O. The second-order valence-corrected chi connectivity index (χ2v) is 7.79. The maximum absolute atomic E-state index is 12.7. The van der Waals surface area contributed by atoms with Crippen LogP contribution < -0.4 is 0 Å². The number of amides is 1. The summed E-state index contributed by atoms with van der Waals surface area (Å²) >= 11 is 0. The molecule has 7 nitrogen and oxygen atoms in total. The smallest absolute Gasteiger partial charge is 0.222 e. The summed E-state index contributed by atoms with van der Waals surface area (Å²) in [6.45, 7) is 2.24. The Kier molecular flexibility index (Phi) is 6.03.